The zero-order valence-electron chi connectivity index (χ0n) is 9.80. The van der Waals surface area contributed by atoms with Crippen molar-refractivity contribution in [1.82, 2.24) is 4.90 Å². The summed E-state index contributed by atoms with van der Waals surface area (Å²) in [6, 6.07) is -1.53. The third-order valence-corrected chi connectivity index (χ3v) is 3.29. The number of morpholine rings is 1. The molecule has 3 N–H and O–H groups in total. The van der Waals surface area contributed by atoms with E-state index in [1.54, 1.807) is 11.8 Å². The average molecular weight is 262 g/mol. The van der Waals surface area contributed by atoms with Gasteiger partial charge in [0.25, 0.3) is 0 Å². The number of ether oxygens (including phenoxy) is 1. The van der Waals surface area contributed by atoms with Crippen molar-refractivity contribution in [2.24, 2.45) is 5.73 Å². The maximum atomic E-state index is 12.0. The molecular weight excluding hydrogens is 244 g/mol. The van der Waals surface area contributed by atoms with Gasteiger partial charge < -0.3 is 20.5 Å². The van der Waals surface area contributed by atoms with Gasteiger partial charge in [-0.2, -0.15) is 11.8 Å². The number of aliphatic carboxylic acids is 1. The standard InChI is InChI=1S/C10H18N2O4S/c1-17-5-2-7(11)9(13)12-3-4-16-6-8(12)10(14)15/h7-8H,2-6,11H2,1H3,(H,14,15)/t7-,8?/m0/s1. The van der Waals surface area contributed by atoms with Gasteiger partial charge in [-0.15, -0.1) is 0 Å². The van der Waals surface area contributed by atoms with Crippen LogP contribution in [0.5, 0.6) is 0 Å². The molecular formula is C10H18N2O4S. The monoisotopic (exact) mass is 262 g/mol. The number of amides is 1. The Hall–Kier alpha value is -0.790. The quantitative estimate of drug-likeness (QED) is 0.686. The molecule has 0 bridgehead atoms. The van der Waals surface area contributed by atoms with E-state index in [4.69, 9.17) is 15.6 Å². The van der Waals surface area contributed by atoms with Gasteiger partial charge >= 0.3 is 5.97 Å². The maximum absolute atomic E-state index is 12.0. The lowest BCUT2D eigenvalue weighted by molar-refractivity contribution is -0.158. The predicted octanol–water partition coefficient (Wildman–Crippen LogP) is -0.621. The number of carboxylic acid groups (broad SMARTS) is 1. The SMILES string of the molecule is CSCC[C@H](N)C(=O)N1CCOCC1C(=O)O. The fourth-order valence-corrected chi connectivity index (χ4v) is 2.14. The minimum atomic E-state index is -1.05. The molecule has 1 fully saturated rings. The Kier molecular flexibility index (Phi) is 5.73. The molecule has 1 saturated heterocycles. The molecule has 0 radical (unpaired) electrons. The number of nitrogens with two attached hydrogens (primary N) is 1. The van der Waals surface area contributed by atoms with Crippen LogP contribution in [0.3, 0.4) is 0 Å². The average Bonchev–Trinajstić information content (AvgIpc) is 2.34. The number of hydrogen-bond donors (Lipinski definition) is 2. The molecule has 0 aromatic heterocycles. The molecule has 1 aliphatic heterocycles. The van der Waals surface area contributed by atoms with Crippen LogP contribution in [0.25, 0.3) is 0 Å². The lowest BCUT2D eigenvalue weighted by atomic mass is 10.1. The van der Waals surface area contributed by atoms with Gasteiger partial charge in [0.15, 0.2) is 6.04 Å². The summed E-state index contributed by atoms with van der Waals surface area (Å²) in [5.74, 6) is -0.556. The van der Waals surface area contributed by atoms with Crippen molar-refractivity contribution >= 4 is 23.6 Å². The van der Waals surface area contributed by atoms with Crippen LogP contribution in [0, 0.1) is 0 Å². The first-order valence-electron chi connectivity index (χ1n) is 5.43. The number of hydrogen-bond acceptors (Lipinski definition) is 5. The molecule has 1 amide bonds. The van der Waals surface area contributed by atoms with Crippen LogP contribution in [0.4, 0.5) is 0 Å². The first-order valence-corrected chi connectivity index (χ1v) is 6.83. The van der Waals surface area contributed by atoms with E-state index < -0.39 is 18.1 Å². The highest BCUT2D eigenvalue weighted by atomic mass is 32.2. The summed E-state index contributed by atoms with van der Waals surface area (Å²) in [4.78, 5) is 24.3. The summed E-state index contributed by atoms with van der Waals surface area (Å²) >= 11 is 1.61. The third kappa shape index (κ3) is 3.86. The van der Waals surface area contributed by atoms with Gasteiger partial charge in [-0.1, -0.05) is 0 Å². The lowest BCUT2D eigenvalue weighted by Gasteiger charge is -2.34. The normalized spacial score (nSPS) is 22.2. The summed E-state index contributed by atoms with van der Waals surface area (Å²) in [6.07, 6.45) is 2.50. The second-order valence-corrected chi connectivity index (χ2v) is 4.83. The van der Waals surface area contributed by atoms with Crippen LogP contribution >= 0.6 is 11.8 Å². The molecule has 17 heavy (non-hydrogen) atoms. The molecule has 0 aromatic rings. The van der Waals surface area contributed by atoms with Gasteiger partial charge in [-0.25, -0.2) is 4.79 Å². The first-order chi connectivity index (χ1) is 8.07. The molecule has 0 aliphatic carbocycles. The van der Waals surface area contributed by atoms with Crippen LogP contribution < -0.4 is 5.73 Å². The molecule has 1 unspecified atom stereocenters. The Morgan fingerprint density at radius 3 is 2.94 bits per heavy atom. The molecule has 0 saturated carbocycles. The molecule has 0 aromatic carbocycles. The van der Waals surface area contributed by atoms with E-state index in [0.29, 0.717) is 19.6 Å². The number of carbonyl (C=O) groups is 2. The lowest BCUT2D eigenvalue weighted by Crippen LogP contribution is -2.56. The zero-order valence-corrected chi connectivity index (χ0v) is 10.6. The molecule has 1 heterocycles. The molecule has 1 aliphatic rings. The molecule has 2 atom stereocenters. The summed E-state index contributed by atoms with van der Waals surface area (Å²) in [5.41, 5.74) is 5.76. The van der Waals surface area contributed by atoms with Crippen molar-refractivity contribution < 1.29 is 19.4 Å². The largest absolute Gasteiger partial charge is 0.480 e. The maximum Gasteiger partial charge on any atom is 0.328 e. The molecule has 0 spiro atoms. The predicted molar refractivity (Wildman–Crippen MR) is 64.9 cm³/mol. The van der Waals surface area contributed by atoms with Gasteiger partial charge in [-0.3, -0.25) is 4.79 Å². The van der Waals surface area contributed by atoms with Crippen molar-refractivity contribution in [1.29, 1.82) is 0 Å². The summed E-state index contributed by atoms with van der Waals surface area (Å²) in [6.45, 7) is 0.698. The second kappa shape index (κ2) is 6.83. The van der Waals surface area contributed by atoms with Crippen molar-refractivity contribution in [2.45, 2.75) is 18.5 Å². The summed E-state index contributed by atoms with van der Waals surface area (Å²) in [7, 11) is 0. The van der Waals surface area contributed by atoms with Crippen LogP contribution in [0.1, 0.15) is 6.42 Å². The van der Waals surface area contributed by atoms with E-state index in [1.807, 2.05) is 6.26 Å². The number of carbonyl (C=O) groups excluding carboxylic acids is 1. The van der Waals surface area contributed by atoms with E-state index in [9.17, 15) is 9.59 Å². The Morgan fingerprint density at radius 2 is 2.35 bits per heavy atom. The Labute approximate surface area is 104 Å². The van der Waals surface area contributed by atoms with Gasteiger partial charge in [-0.05, 0) is 18.4 Å². The van der Waals surface area contributed by atoms with Gasteiger partial charge in [0.2, 0.25) is 5.91 Å². The van der Waals surface area contributed by atoms with Crippen LogP contribution in [-0.4, -0.2) is 65.7 Å². The number of rotatable bonds is 5. The van der Waals surface area contributed by atoms with E-state index in [0.717, 1.165) is 5.75 Å². The smallest absolute Gasteiger partial charge is 0.328 e. The van der Waals surface area contributed by atoms with Crippen molar-refractivity contribution in [3.63, 3.8) is 0 Å². The van der Waals surface area contributed by atoms with Crippen LogP contribution in [-0.2, 0) is 14.3 Å². The van der Waals surface area contributed by atoms with Crippen molar-refractivity contribution in [3.8, 4) is 0 Å². The van der Waals surface area contributed by atoms with Crippen molar-refractivity contribution in [2.75, 3.05) is 31.8 Å². The fraction of sp³-hybridized carbons (Fsp3) is 0.800. The first kappa shape index (κ1) is 14.3. The van der Waals surface area contributed by atoms with Gasteiger partial charge in [0, 0.05) is 6.54 Å². The van der Waals surface area contributed by atoms with E-state index >= 15 is 0 Å². The minimum Gasteiger partial charge on any atom is -0.480 e. The zero-order chi connectivity index (χ0) is 12.8. The second-order valence-electron chi connectivity index (χ2n) is 3.85. The highest BCUT2D eigenvalue weighted by Gasteiger charge is 2.34. The number of carboxylic acids is 1. The van der Waals surface area contributed by atoms with Gasteiger partial charge in [0.1, 0.15) is 0 Å². The number of thioether (sulfide) groups is 1. The fourth-order valence-electron chi connectivity index (χ4n) is 1.65. The van der Waals surface area contributed by atoms with Crippen molar-refractivity contribution in [3.05, 3.63) is 0 Å². The Balaban J connectivity index is 2.61. The number of nitrogens with zero attached hydrogens (tertiary/aromatic N) is 1. The molecule has 7 heteroatoms. The highest BCUT2D eigenvalue weighted by Crippen LogP contribution is 2.11. The van der Waals surface area contributed by atoms with Gasteiger partial charge in [0.05, 0.1) is 19.3 Å². The Morgan fingerprint density at radius 1 is 1.65 bits per heavy atom. The summed E-state index contributed by atoms with van der Waals surface area (Å²) in [5, 5.41) is 9.00. The summed E-state index contributed by atoms with van der Waals surface area (Å²) < 4.78 is 5.07. The molecule has 1 rings (SSSR count). The van der Waals surface area contributed by atoms with E-state index in [2.05, 4.69) is 0 Å². The van der Waals surface area contributed by atoms with E-state index in [-0.39, 0.29) is 12.5 Å². The third-order valence-electron chi connectivity index (χ3n) is 2.65. The Bertz CT molecular complexity index is 287. The topological polar surface area (TPSA) is 92.9 Å². The van der Waals surface area contributed by atoms with Crippen LogP contribution in [0.15, 0.2) is 0 Å². The van der Waals surface area contributed by atoms with Crippen LogP contribution in [0.2, 0.25) is 0 Å². The molecule has 6 nitrogen and oxygen atoms in total. The van der Waals surface area contributed by atoms with E-state index in [1.165, 1.54) is 4.90 Å². The highest BCUT2D eigenvalue weighted by molar-refractivity contribution is 7.98. The molecule has 98 valence electrons. The minimum absolute atomic E-state index is 0.0380.